The van der Waals surface area contributed by atoms with Gasteiger partial charge in [0.05, 0.1) is 13.5 Å². The Morgan fingerprint density at radius 2 is 2.00 bits per heavy atom. The fourth-order valence-electron chi connectivity index (χ4n) is 2.94. The molecule has 0 spiro atoms. The first-order chi connectivity index (χ1) is 11.5. The van der Waals surface area contributed by atoms with Gasteiger partial charge in [-0.2, -0.15) is 0 Å². The van der Waals surface area contributed by atoms with Gasteiger partial charge < -0.3 is 15.0 Å². The van der Waals surface area contributed by atoms with Crippen LogP contribution < -0.4 is 10.1 Å². The van der Waals surface area contributed by atoms with Crippen molar-refractivity contribution in [1.82, 2.24) is 10.2 Å². The maximum atomic E-state index is 12.5. The molecular formula is C19H28N2O3. The van der Waals surface area contributed by atoms with Crippen LogP contribution >= 0.6 is 0 Å². The van der Waals surface area contributed by atoms with E-state index in [0.717, 1.165) is 37.2 Å². The number of nitrogens with one attached hydrogen (secondary N) is 1. The van der Waals surface area contributed by atoms with Crippen molar-refractivity contribution in [3.05, 3.63) is 29.8 Å². The predicted molar refractivity (Wildman–Crippen MR) is 93.8 cm³/mol. The molecule has 132 valence electrons. The molecule has 1 N–H and O–H groups in total. The average Bonchev–Trinajstić information content (AvgIpc) is 2.60. The van der Waals surface area contributed by atoms with E-state index in [4.69, 9.17) is 4.74 Å². The first kappa shape index (κ1) is 18.3. The zero-order valence-corrected chi connectivity index (χ0v) is 14.9. The van der Waals surface area contributed by atoms with E-state index in [0.29, 0.717) is 18.9 Å². The minimum atomic E-state index is 0.00129. The van der Waals surface area contributed by atoms with E-state index in [-0.39, 0.29) is 17.7 Å². The Morgan fingerprint density at radius 3 is 2.62 bits per heavy atom. The largest absolute Gasteiger partial charge is 0.497 e. The van der Waals surface area contributed by atoms with Gasteiger partial charge >= 0.3 is 0 Å². The van der Waals surface area contributed by atoms with E-state index < -0.39 is 0 Å². The van der Waals surface area contributed by atoms with Gasteiger partial charge in [0.15, 0.2) is 0 Å². The Hall–Kier alpha value is -2.04. The zero-order chi connectivity index (χ0) is 17.5. The molecule has 1 heterocycles. The van der Waals surface area contributed by atoms with E-state index in [1.54, 1.807) is 7.11 Å². The van der Waals surface area contributed by atoms with E-state index in [1.165, 1.54) is 0 Å². The summed E-state index contributed by atoms with van der Waals surface area (Å²) >= 11 is 0. The lowest BCUT2D eigenvalue weighted by molar-refractivity contribution is -0.132. The molecule has 0 unspecified atom stereocenters. The molecule has 1 aliphatic heterocycles. The van der Waals surface area contributed by atoms with Crippen molar-refractivity contribution in [2.75, 3.05) is 26.7 Å². The van der Waals surface area contributed by atoms with Gasteiger partial charge in [0.1, 0.15) is 5.75 Å². The molecule has 1 saturated heterocycles. The molecular weight excluding hydrogens is 304 g/mol. The summed E-state index contributed by atoms with van der Waals surface area (Å²) < 4.78 is 5.14. The molecule has 1 atom stereocenters. The number of hydrogen-bond acceptors (Lipinski definition) is 3. The Bertz CT molecular complexity index is 554. The molecule has 0 bridgehead atoms. The third-order valence-electron chi connectivity index (χ3n) is 4.48. The highest BCUT2D eigenvalue weighted by atomic mass is 16.5. The van der Waals surface area contributed by atoms with Crippen molar-refractivity contribution < 1.29 is 14.3 Å². The summed E-state index contributed by atoms with van der Waals surface area (Å²) in [5, 5.41) is 2.98. The lowest BCUT2D eigenvalue weighted by atomic mass is 9.97. The Labute approximate surface area is 144 Å². The van der Waals surface area contributed by atoms with Crippen LogP contribution in [0.2, 0.25) is 0 Å². The van der Waals surface area contributed by atoms with Gasteiger partial charge in [-0.05, 0) is 36.5 Å². The lowest BCUT2D eigenvalue weighted by Gasteiger charge is -2.33. The number of hydrogen-bond donors (Lipinski definition) is 1. The molecule has 2 amide bonds. The van der Waals surface area contributed by atoms with Crippen LogP contribution in [0.4, 0.5) is 0 Å². The fourth-order valence-corrected chi connectivity index (χ4v) is 2.94. The average molecular weight is 332 g/mol. The summed E-state index contributed by atoms with van der Waals surface area (Å²) in [5.74, 6) is 1.38. The maximum absolute atomic E-state index is 12.5. The molecule has 2 rings (SSSR count). The van der Waals surface area contributed by atoms with E-state index in [2.05, 4.69) is 5.32 Å². The Morgan fingerprint density at radius 1 is 1.29 bits per heavy atom. The highest BCUT2D eigenvalue weighted by molar-refractivity contribution is 5.79. The number of rotatable bonds is 6. The summed E-state index contributed by atoms with van der Waals surface area (Å²) in [4.78, 5) is 26.1. The van der Waals surface area contributed by atoms with Gasteiger partial charge in [-0.3, -0.25) is 9.59 Å². The first-order valence-electron chi connectivity index (χ1n) is 8.68. The number of likely N-dealkylation sites (tertiary alicyclic amines) is 1. The van der Waals surface area contributed by atoms with E-state index in [9.17, 15) is 9.59 Å². The number of carbonyl (C=O) groups excluding carboxylic acids is 2. The van der Waals surface area contributed by atoms with Crippen LogP contribution in [0.1, 0.15) is 32.3 Å². The summed E-state index contributed by atoms with van der Waals surface area (Å²) in [7, 11) is 1.63. The molecule has 24 heavy (non-hydrogen) atoms. The number of ether oxygens (including phenoxy) is 1. The van der Waals surface area contributed by atoms with Gasteiger partial charge in [-0.25, -0.2) is 0 Å². The van der Waals surface area contributed by atoms with Crippen molar-refractivity contribution in [3.63, 3.8) is 0 Å². The molecule has 1 aromatic carbocycles. The van der Waals surface area contributed by atoms with Gasteiger partial charge in [0.25, 0.3) is 0 Å². The van der Waals surface area contributed by atoms with Crippen LogP contribution in [0.15, 0.2) is 24.3 Å². The number of methoxy groups -OCH3 is 1. The van der Waals surface area contributed by atoms with Crippen LogP contribution in [-0.4, -0.2) is 43.5 Å². The molecule has 1 aliphatic rings. The summed E-state index contributed by atoms with van der Waals surface area (Å²) in [6.45, 7) is 5.97. The van der Waals surface area contributed by atoms with Crippen LogP contribution in [0.25, 0.3) is 0 Å². The van der Waals surface area contributed by atoms with Crippen LogP contribution in [-0.2, 0) is 16.0 Å². The van der Waals surface area contributed by atoms with Crippen molar-refractivity contribution >= 4 is 11.8 Å². The molecule has 0 saturated carbocycles. The van der Waals surface area contributed by atoms with Crippen LogP contribution in [0, 0.1) is 11.8 Å². The van der Waals surface area contributed by atoms with Crippen LogP contribution in [0.3, 0.4) is 0 Å². The molecule has 5 nitrogen and oxygen atoms in total. The minimum absolute atomic E-state index is 0.00129. The van der Waals surface area contributed by atoms with E-state index in [1.807, 2.05) is 43.0 Å². The number of piperidine rings is 1. The first-order valence-corrected chi connectivity index (χ1v) is 8.68. The van der Waals surface area contributed by atoms with Crippen LogP contribution in [0.5, 0.6) is 5.75 Å². The monoisotopic (exact) mass is 332 g/mol. The molecule has 0 aliphatic carbocycles. The van der Waals surface area contributed by atoms with Gasteiger partial charge in [0, 0.05) is 25.6 Å². The second-order valence-electron chi connectivity index (χ2n) is 6.77. The van der Waals surface area contributed by atoms with Gasteiger partial charge in [-0.15, -0.1) is 0 Å². The second-order valence-corrected chi connectivity index (χ2v) is 6.77. The van der Waals surface area contributed by atoms with Gasteiger partial charge in [-0.1, -0.05) is 26.0 Å². The quantitative estimate of drug-likeness (QED) is 0.869. The summed E-state index contributed by atoms with van der Waals surface area (Å²) in [6, 6.07) is 7.62. The number of amides is 2. The number of carbonyl (C=O) groups is 2. The zero-order valence-electron chi connectivity index (χ0n) is 14.9. The Kier molecular flexibility index (Phi) is 6.64. The number of nitrogens with zero attached hydrogens (tertiary/aromatic N) is 1. The van der Waals surface area contributed by atoms with Crippen molar-refractivity contribution in [2.24, 2.45) is 11.8 Å². The highest BCUT2D eigenvalue weighted by Gasteiger charge is 2.24. The minimum Gasteiger partial charge on any atom is -0.497 e. The van der Waals surface area contributed by atoms with Gasteiger partial charge in [0.2, 0.25) is 11.8 Å². The smallest absolute Gasteiger partial charge is 0.226 e. The molecule has 0 radical (unpaired) electrons. The molecule has 0 aromatic heterocycles. The summed E-state index contributed by atoms with van der Waals surface area (Å²) in [6.07, 6.45) is 2.47. The summed E-state index contributed by atoms with van der Waals surface area (Å²) in [5.41, 5.74) is 0.996. The molecule has 1 fully saturated rings. The normalized spacial score (nSPS) is 17.7. The predicted octanol–water partition coefficient (Wildman–Crippen LogP) is 2.25. The SMILES string of the molecule is COc1ccc(CC(=O)N2CCC[C@@H](CNC(=O)C(C)C)C2)cc1. The third-order valence-corrected chi connectivity index (χ3v) is 4.48. The van der Waals surface area contributed by atoms with E-state index >= 15 is 0 Å². The second kappa shape index (κ2) is 8.71. The topological polar surface area (TPSA) is 58.6 Å². The van der Waals surface area contributed by atoms with Crippen molar-refractivity contribution in [2.45, 2.75) is 33.1 Å². The third kappa shape index (κ3) is 5.25. The maximum Gasteiger partial charge on any atom is 0.226 e. The van der Waals surface area contributed by atoms with Crippen molar-refractivity contribution in [1.29, 1.82) is 0 Å². The lowest BCUT2D eigenvalue weighted by Crippen LogP contribution is -2.44. The van der Waals surface area contributed by atoms with Crippen molar-refractivity contribution in [3.8, 4) is 5.75 Å². The number of benzene rings is 1. The molecule has 1 aromatic rings. The highest BCUT2D eigenvalue weighted by Crippen LogP contribution is 2.18. The molecule has 5 heteroatoms. The fraction of sp³-hybridized carbons (Fsp3) is 0.579. The standard InChI is InChI=1S/C19H28N2O3/c1-14(2)19(23)20-12-16-5-4-10-21(13-16)18(22)11-15-6-8-17(24-3)9-7-15/h6-9,14,16H,4-5,10-13H2,1-3H3,(H,20,23)/t16-/m0/s1. The Balaban J connectivity index is 1.84.